The molecule has 1 atom stereocenters. The number of nitrogens with zero attached hydrogens (tertiary/aromatic N) is 2. The Balaban J connectivity index is 2.53. The van der Waals surface area contributed by atoms with E-state index in [1.165, 1.54) is 0 Å². The first kappa shape index (κ1) is 14.9. The Labute approximate surface area is 124 Å². The number of pyridine rings is 2. The molecule has 2 N–H and O–H groups in total. The average molecular weight is 291 g/mol. The van der Waals surface area contributed by atoms with Crippen LogP contribution in [0.2, 0.25) is 0 Å². The third-order valence-corrected chi connectivity index (χ3v) is 3.64. The summed E-state index contributed by atoms with van der Waals surface area (Å²) in [5.41, 5.74) is 4.93. The third-order valence-electron chi connectivity index (χ3n) is 3.20. The van der Waals surface area contributed by atoms with E-state index in [9.17, 15) is 5.11 Å². The van der Waals surface area contributed by atoms with Crippen molar-refractivity contribution in [2.75, 3.05) is 5.43 Å². The molecule has 0 aromatic carbocycles. The van der Waals surface area contributed by atoms with Gasteiger partial charge in [-0.2, -0.15) is 0 Å². The van der Waals surface area contributed by atoms with Crippen LogP contribution in [0.3, 0.4) is 0 Å². The number of fused-ring (bicyclic) bond motifs is 1. The number of nitrogens with one attached hydrogen (secondary N) is 1. The fraction of sp³-hybridized carbons (Fsp3) is 0.467. The number of aliphatic hydroxyl groups excluding tert-OH is 1. The van der Waals surface area contributed by atoms with Gasteiger partial charge in [-0.3, -0.25) is 5.43 Å². The topological polar surface area (TPSA) is 50.1 Å². The van der Waals surface area contributed by atoms with Crippen molar-refractivity contribution in [1.82, 2.24) is 9.66 Å². The van der Waals surface area contributed by atoms with Crippen LogP contribution in [0.4, 0.5) is 0 Å². The molecular formula is C15H21N3OS. The lowest BCUT2D eigenvalue weighted by Crippen LogP contribution is -2.29. The van der Waals surface area contributed by atoms with Crippen molar-refractivity contribution in [3.05, 3.63) is 34.6 Å². The standard InChI is InChI=1S/C15H21N3OS/c1-3-6-12-10-11-8-5-9-16-14(11)18(15(12)20)17-13(19)7-4-2/h5,8-10,13,17,19H,3-4,6-7H2,1-2H3. The van der Waals surface area contributed by atoms with E-state index < -0.39 is 6.23 Å². The van der Waals surface area contributed by atoms with E-state index in [1.54, 1.807) is 10.9 Å². The molecule has 20 heavy (non-hydrogen) atoms. The van der Waals surface area contributed by atoms with E-state index in [0.717, 1.165) is 35.9 Å². The summed E-state index contributed by atoms with van der Waals surface area (Å²) >= 11 is 5.54. The van der Waals surface area contributed by atoms with Gasteiger partial charge in [0.2, 0.25) is 0 Å². The first-order chi connectivity index (χ1) is 9.67. The van der Waals surface area contributed by atoms with Crippen LogP contribution in [0.1, 0.15) is 38.7 Å². The monoisotopic (exact) mass is 291 g/mol. The molecule has 5 heteroatoms. The second kappa shape index (κ2) is 6.81. The SMILES string of the molecule is CCCc1cc2cccnc2n(NC(O)CCC)c1=S. The van der Waals surface area contributed by atoms with Gasteiger partial charge in [-0.15, -0.1) is 0 Å². The minimum Gasteiger partial charge on any atom is -0.372 e. The molecule has 0 fully saturated rings. The third kappa shape index (κ3) is 3.16. The van der Waals surface area contributed by atoms with E-state index in [4.69, 9.17) is 12.2 Å². The lowest BCUT2D eigenvalue weighted by molar-refractivity contribution is 0.177. The first-order valence-corrected chi connectivity index (χ1v) is 7.52. The van der Waals surface area contributed by atoms with Crippen molar-refractivity contribution in [2.45, 2.75) is 45.8 Å². The molecule has 0 spiro atoms. The second-order valence-electron chi connectivity index (χ2n) is 4.91. The molecule has 4 nitrogen and oxygen atoms in total. The molecule has 108 valence electrons. The fourth-order valence-corrected chi connectivity index (χ4v) is 2.55. The summed E-state index contributed by atoms with van der Waals surface area (Å²) in [6, 6.07) is 6.02. The van der Waals surface area contributed by atoms with Gasteiger partial charge in [0, 0.05) is 11.6 Å². The van der Waals surface area contributed by atoms with E-state index >= 15 is 0 Å². The fourth-order valence-electron chi connectivity index (χ4n) is 2.25. The summed E-state index contributed by atoms with van der Waals surface area (Å²) in [6.45, 7) is 4.17. The van der Waals surface area contributed by atoms with E-state index in [1.807, 2.05) is 19.1 Å². The minimum absolute atomic E-state index is 0.617. The van der Waals surface area contributed by atoms with Crippen molar-refractivity contribution >= 4 is 23.3 Å². The van der Waals surface area contributed by atoms with Crippen LogP contribution in [0.5, 0.6) is 0 Å². The Morgan fingerprint density at radius 1 is 1.40 bits per heavy atom. The zero-order chi connectivity index (χ0) is 14.5. The quantitative estimate of drug-likeness (QED) is 0.633. The molecule has 2 aromatic heterocycles. The van der Waals surface area contributed by atoms with Crippen molar-refractivity contribution < 1.29 is 5.11 Å². The molecule has 0 bridgehead atoms. The van der Waals surface area contributed by atoms with Crippen LogP contribution >= 0.6 is 12.2 Å². The Morgan fingerprint density at radius 2 is 2.20 bits per heavy atom. The predicted octanol–water partition coefficient (Wildman–Crippen LogP) is 3.38. The van der Waals surface area contributed by atoms with Crippen LogP contribution in [0, 0.1) is 4.64 Å². The maximum Gasteiger partial charge on any atom is 0.159 e. The lowest BCUT2D eigenvalue weighted by Gasteiger charge is -2.19. The predicted molar refractivity (Wildman–Crippen MR) is 84.8 cm³/mol. The molecule has 0 aliphatic heterocycles. The van der Waals surface area contributed by atoms with Crippen molar-refractivity contribution in [3.63, 3.8) is 0 Å². The average Bonchev–Trinajstić information content (AvgIpc) is 2.44. The lowest BCUT2D eigenvalue weighted by atomic mass is 10.1. The van der Waals surface area contributed by atoms with Crippen LogP contribution in [0.25, 0.3) is 11.0 Å². The summed E-state index contributed by atoms with van der Waals surface area (Å²) in [5, 5.41) is 11.0. The van der Waals surface area contributed by atoms with E-state index in [0.29, 0.717) is 11.1 Å². The van der Waals surface area contributed by atoms with E-state index in [-0.39, 0.29) is 0 Å². The highest BCUT2D eigenvalue weighted by molar-refractivity contribution is 7.71. The van der Waals surface area contributed by atoms with Crippen molar-refractivity contribution in [2.24, 2.45) is 0 Å². The number of aliphatic hydroxyl groups is 1. The second-order valence-corrected chi connectivity index (χ2v) is 5.30. The van der Waals surface area contributed by atoms with Gasteiger partial charge in [-0.05, 0) is 36.6 Å². The summed E-state index contributed by atoms with van der Waals surface area (Å²) in [5.74, 6) is 0. The molecular weight excluding hydrogens is 270 g/mol. The number of aryl methyl sites for hydroxylation is 1. The number of hydrogen-bond donors (Lipinski definition) is 2. The van der Waals surface area contributed by atoms with E-state index in [2.05, 4.69) is 23.4 Å². The number of aromatic nitrogens is 2. The van der Waals surface area contributed by atoms with Gasteiger partial charge in [-0.25, -0.2) is 9.66 Å². The van der Waals surface area contributed by atoms with Crippen molar-refractivity contribution in [3.8, 4) is 0 Å². The highest BCUT2D eigenvalue weighted by atomic mass is 32.1. The van der Waals surface area contributed by atoms with Gasteiger partial charge in [0.25, 0.3) is 0 Å². The summed E-state index contributed by atoms with van der Waals surface area (Å²) in [4.78, 5) is 4.38. The normalized spacial score (nSPS) is 12.6. The molecule has 2 rings (SSSR count). The van der Waals surface area contributed by atoms with Crippen LogP contribution in [0.15, 0.2) is 24.4 Å². The molecule has 0 aliphatic rings. The highest BCUT2D eigenvalue weighted by Gasteiger charge is 2.09. The molecule has 2 heterocycles. The Bertz CT molecular complexity index is 639. The highest BCUT2D eigenvalue weighted by Crippen LogP contribution is 2.17. The maximum atomic E-state index is 10.0. The molecule has 1 unspecified atom stereocenters. The van der Waals surface area contributed by atoms with Crippen LogP contribution < -0.4 is 5.43 Å². The Kier molecular flexibility index (Phi) is 5.09. The van der Waals surface area contributed by atoms with Gasteiger partial charge in [0.15, 0.2) is 5.65 Å². The summed E-state index contributed by atoms with van der Waals surface area (Å²) in [7, 11) is 0. The number of rotatable bonds is 6. The summed E-state index contributed by atoms with van der Waals surface area (Å²) < 4.78 is 2.45. The largest absolute Gasteiger partial charge is 0.372 e. The summed E-state index contributed by atoms with van der Waals surface area (Å²) in [6.07, 6.45) is 4.66. The zero-order valence-corrected chi connectivity index (χ0v) is 12.8. The number of hydrogen-bond acceptors (Lipinski definition) is 4. The van der Waals surface area contributed by atoms with Gasteiger partial charge < -0.3 is 5.11 Å². The van der Waals surface area contributed by atoms with Crippen LogP contribution in [-0.2, 0) is 6.42 Å². The van der Waals surface area contributed by atoms with Gasteiger partial charge in [0.1, 0.15) is 10.9 Å². The van der Waals surface area contributed by atoms with Gasteiger partial charge in [-0.1, -0.05) is 38.9 Å². The zero-order valence-electron chi connectivity index (χ0n) is 12.0. The smallest absolute Gasteiger partial charge is 0.159 e. The molecule has 2 aromatic rings. The van der Waals surface area contributed by atoms with Gasteiger partial charge in [0.05, 0.1) is 0 Å². The first-order valence-electron chi connectivity index (χ1n) is 7.11. The molecule has 0 aliphatic carbocycles. The van der Waals surface area contributed by atoms with Crippen LogP contribution in [-0.4, -0.2) is 21.0 Å². The molecule has 0 saturated carbocycles. The molecule has 0 amide bonds. The molecule has 0 saturated heterocycles. The van der Waals surface area contributed by atoms with Gasteiger partial charge >= 0.3 is 0 Å². The maximum absolute atomic E-state index is 10.0. The molecule has 0 radical (unpaired) electrons. The van der Waals surface area contributed by atoms with Crippen molar-refractivity contribution in [1.29, 1.82) is 0 Å². The Hall–Kier alpha value is -1.46. The Morgan fingerprint density at radius 3 is 2.90 bits per heavy atom. The minimum atomic E-state index is -0.617.